The lowest BCUT2D eigenvalue weighted by atomic mass is 10.1. The van der Waals surface area contributed by atoms with Crippen molar-refractivity contribution < 1.29 is 9.59 Å². The third kappa shape index (κ3) is 6.97. The molecule has 4 rings (SSSR count). The van der Waals surface area contributed by atoms with Crippen LogP contribution in [-0.4, -0.2) is 66.0 Å². The van der Waals surface area contributed by atoms with Crippen LogP contribution >= 0.6 is 11.3 Å². The Morgan fingerprint density at radius 3 is 2.41 bits per heavy atom. The molecule has 8 heteroatoms. The van der Waals surface area contributed by atoms with Crippen molar-refractivity contribution in [2.45, 2.75) is 39.9 Å². The number of hydrazine groups is 1. The second-order valence-electron chi connectivity index (χ2n) is 9.79. The van der Waals surface area contributed by atoms with Crippen LogP contribution in [0.5, 0.6) is 0 Å². The Balaban J connectivity index is 1.39. The number of benzene rings is 2. The number of fused-ring (bicyclic) bond motifs is 1. The molecule has 0 radical (unpaired) electrons. The number of aryl methyl sites for hydroxylation is 1. The molecule has 196 valence electrons. The molecule has 1 aliphatic rings. The fourth-order valence-corrected chi connectivity index (χ4v) is 5.15. The molecule has 0 aliphatic carbocycles. The van der Waals surface area contributed by atoms with E-state index in [0.717, 1.165) is 16.8 Å². The molecule has 7 nitrogen and oxygen atoms in total. The maximum atomic E-state index is 13.3. The highest BCUT2D eigenvalue weighted by molar-refractivity contribution is 7.13. The summed E-state index contributed by atoms with van der Waals surface area (Å²) in [5, 5.41) is 12.4. The Kier molecular flexibility index (Phi) is 8.97. The first kappa shape index (κ1) is 26.9. The molecule has 2 N–H and O–H groups in total. The second kappa shape index (κ2) is 12.4. The van der Waals surface area contributed by atoms with Crippen LogP contribution in [0.2, 0.25) is 0 Å². The summed E-state index contributed by atoms with van der Waals surface area (Å²) in [6.07, 6.45) is 0. The van der Waals surface area contributed by atoms with Crippen molar-refractivity contribution in [3.8, 4) is 10.4 Å². The van der Waals surface area contributed by atoms with E-state index in [1.165, 1.54) is 16.0 Å². The number of hydrogen-bond donors (Lipinski definition) is 2. The summed E-state index contributed by atoms with van der Waals surface area (Å²) < 4.78 is 0. The summed E-state index contributed by atoms with van der Waals surface area (Å²) in [4.78, 5) is 29.4. The van der Waals surface area contributed by atoms with Gasteiger partial charge in [-0.1, -0.05) is 56.3 Å². The molecule has 1 aromatic heterocycles. The van der Waals surface area contributed by atoms with E-state index in [1.807, 2.05) is 30.1 Å². The van der Waals surface area contributed by atoms with E-state index in [1.54, 1.807) is 28.3 Å². The molecule has 0 spiro atoms. The van der Waals surface area contributed by atoms with Crippen molar-refractivity contribution in [1.82, 2.24) is 20.2 Å². The maximum Gasteiger partial charge on any atom is 0.256 e. The molecule has 2 heterocycles. The molecule has 3 aromatic rings. The van der Waals surface area contributed by atoms with Crippen molar-refractivity contribution in [2.24, 2.45) is 0 Å². The minimum absolute atomic E-state index is 0.0395. The molecule has 1 aliphatic heterocycles. The minimum Gasteiger partial charge on any atom is -0.376 e. The van der Waals surface area contributed by atoms with Crippen molar-refractivity contribution in [2.75, 3.05) is 38.5 Å². The van der Waals surface area contributed by atoms with Gasteiger partial charge in [0, 0.05) is 49.8 Å². The summed E-state index contributed by atoms with van der Waals surface area (Å²) in [6.45, 7) is 8.82. The number of nitrogens with one attached hydrogen (secondary N) is 2. The van der Waals surface area contributed by atoms with Gasteiger partial charge >= 0.3 is 0 Å². The first-order chi connectivity index (χ1) is 17.8. The molecular weight excluding hydrogens is 482 g/mol. The second-order valence-corrected chi connectivity index (χ2v) is 10.7. The Morgan fingerprint density at radius 2 is 1.76 bits per heavy atom. The highest BCUT2D eigenvalue weighted by atomic mass is 32.1. The van der Waals surface area contributed by atoms with Gasteiger partial charge in [0.05, 0.1) is 6.54 Å². The topological polar surface area (TPSA) is 67.9 Å². The molecule has 2 amide bonds. The standard InChI is InChI=1S/C29H37N5O2S/c1-21(2)30-13-14-33(20-29(36)32(4)34-18-24-8-5-6-9-25(24)19-34)28(35)17-31-26-16-23(12-11-22(26)3)27-10-7-15-37-27/h5-12,15-16,21,30-31H,13-14,17-20H2,1-4H3. The molecule has 2 aromatic carbocycles. The average molecular weight is 520 g/mol. The van der Waals surface area contributed by atoms with E-state index >= 15 is 0 Å². The molecular formula is C29H37N5O2S. The number of carbonyl (C=O) groups excluding carboxylic acids is 2. The normalized spacial score (nSPS) is 13.0. The number of nitrogens with zero attached hydrogens (tertiary/aromatic N) is 3. The van der Waals surface area contributed by atoms with Gasteiger partial charge in [0.15, 0.2) is 0 Å². The zero-order chi connectivity index (χ0) is 26.4. The monoisotopic (exact) mass is 519 g/mol. The Labute approximate surface area is 224 Å². The van der Waals surface area contributed by atoms with E-state index in [0.29, 0.717) is 32.2 Å². The smallest absolute Gasteiger partial charge is 0.256 e. The largest absolute Gasteiger partial charge is 0.376 e. The summed E-state index contributed by atoms with van der Waals surface area (Å²) in [5.74, 6) is -0.195. The lowest BCUT2D eigenvalue weighted by Gasteiger charge is -2.31. The van der Waals surface area contributed by atoms with E-state index in [9.17, 15) is 9.59 Å². The zero-order valence-corrected chi connectivity index (χ0v) is 23.0. The van der Waals surface area contributed by atoms with Crippen molar-refractivity contribution in [1.29, 1.82) is 0 Å². The first-order valence-electron chi connectivity index (χ1n) is 12.8. The summed E-state index contributed by atoms with van der Waals surface area (Å²) in [6, 6.07) is 18.9. The van der Waals surface area contributed by atoms with Crippen LogP contribution in [0.15, 0.2) is 60.0 Å². The maximum absolute atomic E-state index is 13.3. The van der Waals surface area contributed by atoms with Gasteiger partial charge in [0.1, 0.15) is 6.54 Å². The fourth-order valence-electron chi connectivity index (χ4n) is 4.42. The van der Waals surface area contributed by atoms with Crippen molar-refractivity contribution in [3.63, 3.8) is 0 Å². The summed E-state index contributed by atoms with van der Waals surface area (Å²) in [7, 11) is 1.79. The van der Waals surface area contributed by atoms with Crippen LogP contribution in [0.3, 0.4) is 0 Å². The predicted octanol–water partition coefficient (Wildman–Crippen LogP) is 4.35. The molecule has 0 fully saturated rings. The number of thiophene rings is 1. The number of amides is 2. The average Bonchev–Trinajstić information content (AvgIpc) is 3.57. The number of anilines is 1. The molecule has 0 unspecified atom stereocenters. The summed E-state index contributed by atoms with van der Waals surface area (Å²) in [5.41, 5.74) is 5.60. The quantitative estimate of drug-likeness (QED) is 0.394. The number of rotatable bonds is 11. The third-order valence-corrected chi connectivity index (χ3v) is 7.61. The Bertz CT molecular complexity index is 1190. The van der Waals surface area contributed by atoms with E-state index in [4.69, 9.17) is 0 Å². The van der Waals surface area contributed by atoms with Gasteiger partial charge in [-0.25, -0.2) is 5.01 Å². The van der Waals surface area contributed by atoms with Crippen LogP contribution in [0.25, 0.3) is 10.4 Å². The van der Waals surface area contributed by atoms with Gasteiger partial charge in [-0.05, 0) is 46.7 Å². The Morgan fingerprint density at radius 1 is 1.03 bits per heavy atom. The minimum atomic E-state index is -0.0991. The summed E-state index contributed by atoms with van der Waals surface area (Å²) >= 11 is 1.69. The fraction of sp³-hybridized carbons (Fsp3) is 0.379. The van der Waals surface area contributed by atoms with E-state index in [2.05, 4.69) is 66.3 Å². The first-order valence-corrected chi connectivity index (χ1v) is 13.7. The molecule has 0 bridgehead atoms. The third-order valence-electron chi connectivity index (χ3n) is 6.70. The number of carbonyl (C=O) groups is 2. The van der Waals surface area contributed by atoms with Gasteiger partial charge in [-0.15, -0.1) is 11.3 Å². The highest BCUT2D eigenvalue weighted by Crippen LogP contribution is 2.29. The van der Waals surface area contributed by atoms with Gasteiger partial charge < -0.3 is 15.5 Å². The van der Waals surface area contributed by atoms with Crippen molar-refractivity contribution in [3.05, 3.63) is 76.7 Å². The Hall–Kier alpha value is -3.20. The van der Waals surface area contributed by atoms with Crippen LogP contribution in [0, 0.1) is 6.92 Å². The van der Waals surface area contributed by atoms with Crippen molar-refractivity contribution >= 4 is 28.8 Å². The number of likely N-dealkylation sites (N-methyl/N-ethyl adjacent to an activating group) is 1. The lowest BCUT2D eigenvalue weighted by molar-refractivity contribution is -0.151. The SMILES string of the molecule is Cc1ccc(-c2cccs2)cc1NCC(=O)N(CCNC(C)C)CC(=O)N(C)N1Cc2ccccc2C1. The predicted molar refractivity (Wildman–Crippen MR) is 151 cm³/mol. The van der Waals surface area contributed by atoms with E-state index in [-0.39, 0.29) is 24.9 Å². The molecule has 0 saturated carbocycles. The van der Waals surface area contributed by atoms with Crippen LogP contribution in [0.1, 0.15) is 30.5 Å². The van der Waals surface area contributed by atoms with Gasteiger partial charge in [-0.2, -0.15) is 0 Å². The van der Waals surface area contributed by atoms with E-state index < -0.39 is 0 Å². The molecule has 0 saturated heterocycles. The van der Waals surface area contributed by atoms with Crippen LogP contribution in [-0.2, 0) is 22.7 Å². The van der Waals surface area contributed by atoms with Crippen LogP contribution in [0.4, 0.5) is 5.69 Å². The van der Waals surface area contributed by atoms with Gasteiger partial charge in [0.25, 0.3) is 5.91 Å². The zero-order valence-electron chi connectivity index (χ0n) is 22.2. The van der Waals surface area contributed by atoms with Gasteiger partial charge in [0.2, 0.25) is 5.91 Å². The molecule has 37 heavy (non-hydrogen) atoms. The lowest BCUT2D eigenvalue weighted by Crippen LogP contribution is -2.49. The van der Waals surface area contributed by atoms with Crippen LogP contribution < -0.4 is 10.6 Å². The number of hydrogen-bond acceptors (Lipinski definition) is 6. The molecule has 0 atom stereocenters. The van der Waals surface area contributed by atoms with Gasteiger partial charge in [-0.3, -0.25) is 14.6 Å². The highest BCUT2D eigenvalue weighted by Gasteiger charge is 2.27.